The summed E-state index contributed by atoms with van der Waals surface area (Å²) in [5, 5.41) is 7.51. The van der Waals surface area contributed by atoms with Crippen molar-refractivity contribution >= 4 is 21.7 Å². The minimum atomic E-state index is -0.552. The van der Waals surface area contributed by atoms with Gasteiger partial charge in [0.2, 0.25) is 5.95 Å². The maximum Gasteiger partial charge on any atom is 0.213 e. The van der Waals surface area contributed by atoms with Crippen LogP contribution in [-0.2, 0) is 6.54 Å². The van der Waals surface area contributed by atoms with Crippen LogP contribution < -0.4 is 0 Å². The Morgan fingerprint density at radius 2 is 2.29 bits per heavy atom. The number of nitrogens with zero attached hydrogens (tertiary/aromatic N) is 4. The molecule has 0 saturated heterocycles. The van der Waals surface area contributed by atoms with Crippen molar-refractivity contribution in [3.8, 4) is 0 Å². The zero-order valence-corrected chi connectivity index (χ0v) is 10.5. The number of Topliss-reactive ketones (excluding diaryl/α,β-unsaturated/α-hetero) is 1. The molecule has 0 N–H and O–H groups in total. The monoisotopic (exact) mass is 298 g/mol. The van der Waals surface area contributed by atoms with Crippen molar-refractivity contribution in [3.05, 3.63) is 40.1 Å². The summed E-state index contributed by atoms with van der Waals surface area (Å²) < 4.78 is 14.7. The summed E-state index contributed by atoms with van der Waals surface area (Å²) in [7, 11) is 0. The maximum absolute atomic E-state index is 12.8. The molecule has 0 unspecified atom stereocenters. The van der Waals surface area contributed by atoms with Gasteiger partial charge in [-0.1, -0.05) is 5.21 Å². The summed E-state index contributed by atoms with van der Waals surface area (Å²) in [6.45, 7) is 1.79. The first-order chi connectivity index (χ1) is 8.06. The summed E-state index contributed by atoms with van der Waals surface area (Å²) in [5.41, 5.74) is 1.06. The largest absolute Gasteiger partial charge is 0.293 e. The van der Waals surface area contributed by atoms with Crippen LogP contribution >= 0.6 is 15.9 Å². The Balaban J connectivity index is 2.22. The van der Waals surface area contributed by atoms with Gasteiger partial charge in [0, 0.05) is 12.5 Å². The molecule has 0 radical (unpaired) electrons. The van der Waals surface area contributed by atoms with E-state index in [1.807, 2.05) is 0 Å². The molecule has 2 rings (SSSR count). The first-order valence-corrected chi connectivity index (χ1v) is 5.57. The number of ketones is 1. The van der Waals surface area contributed by atoms with Crippen LogP contribution in [0.3, 0.4) is 0 Å². The van der Waals surface area contributed by atoms with Crippen molar-refractivity contribution in [2.45, 2.75) is 13.5 Å². The van der Waals surface area contributed by atoms with E-state index in [0.29, 0.717) is 16.8 Å². The average Bonchev–Trinajstić information content (AvgIpc) is 2.71. The highest BCUT2D eigenvalue weighted by atomic mass is 79.9. The Bertz CT molecular complexity index is 569. The van der Waals surface area contributed by atoms with Crippen molar-refractivity contribution in [1.82, 2.24) is 20.0 Å². The van der Waals surface area contributed by atoms with Crippen LogP contribution in [-0.4, -0.2) is 25.8 Å². The SMILES string of the molecule is CC(=O)c1cn(Cc2ccc(F)nc2Br)nn1. The zero-order chi connectivity index (χ0) is 12.4. The molecule has 0 atom stereocenters. The van der Waals surface area contributed by atoms with Crippen LogP contribution in [0.4, 0.5) is 4.39 Å². The number of pyridine rings is 1. The summed E-state index contributed by atoms with van der Waals surface area (Å²) >= 11 is 3.16. The van der Waals surface area contributed by atoms with E-state index < -0.39 is 5.95 Å². The van der Waals surface area contributed by atoms with Crippen molar-refractivity contribution in [1.29, 1.82) is 0 Å². The van der Waals surface area contributed by atoms with Gasteiger partial charge in [0.1, 0.15) is 10.3 Å². The van der Waals surface area contributed by atoms with Gasteiger partial charge >= 0.3 is 0 Å². The molecular formula is C10H8BrFN4O. The molecule has 2 heterocycles. The number of halogens is 2. The lowest BCUT2D eigenvalue weighted by atomic mass is 10.3. The first-order valence-electron chi connectivity index (χ1n) is 4.78. The molecule has 0 aliphatic rings. The zero-order valence-electron chi connectivity index (χ0n) is 8.89. The summed E-state index contributed by atoms with van der Waals surface area (Å²) in [6.07, 6.45) is 1.54. The summed E-state index contributed by atoms with van der Waals surface area (Å²) in [5.74, 6) is -0.698. The van der Waals surface area contributed by atoms with E-state index >= 15 is 0 Å². The van der Waals surface area contributed by atoms with Crippen LogP contribution in [0.5, 0.6) is 0 Å². The van der Waals surface area contributed by atoms with Crippen molar-refractivity contribution in [3.63, 3.8) is 0 Å². The van der Waals surface area contributed by atoms with Crippen LogP contribution in [0.15, 0.2) is 22.9 Å². The van der Waals surface area contributed by atoms with Gasteiger partial charge in [0.15, 0.2) is 5.78 Å². The molecule has 17 heavy (non-hydrogen) atoms. The summed E-state index contributed by atoms with van der Waals surface area (Å²) in [6, 6.07) is 2.87. The second kappa shape index (κ2) is 4.70. The van der Waals surface area contributed by atoms with E-state index in [-0.39, 0.29) is 5.78 Å². The molecular weight excluding hydrogens is 291 g/mol. The summed E-state index contributed by atoms with van der Waals surface area (Å²) in [4.78, 5) is 14.7. The molecule has 2 aromatic rings. The van der Waals surface area contributed by atoms with Gasteiger partial charge in [-0.25, -0.2) is 9.67 Å². The van der Waals surface area contributed by atoms with Crippen LogP contribution in [0.25, 0.3) is 0 Å². The smallest absolute Gasteiger partial charge is 0.213 e. The van der Waals surface area contributed by atoms with E-state index in [1.54, 1.807) is 6.07 Å². The van der Waals surface area contributed by atoms with Gasteiger partial charge in [-0.15, -0.1) is 5.10 Å². The van der Waals surface area contributed by atoms with Crippen molar-refractivity contribution < 1.29 is 9.18 Å². The molecule has 0 aliphatic carbocycles. The number of carbonyl (C=O) groups excluding carboxylic acids is 1. The van der Waals surface area contributed by atoms with E-state index in [9.17, 15) is 9.18 Å². The lowest BCUT2D eigenvalue weighted by Gasteiger charge is -2.02. The Morgan fingerprint density at radius 1 is 1.53 bits per heavy atom. The molecule has 2 aromatic heterocycles. The molecule has 5 nitrogen and oxygen atoms in total. The van der Waals surface area contributed by atoms with Crippen molar-refractivity contribution in [2.24, 2.45) is 0 Å². The molecule has 7 heteroatoms. The molecule has 0 fully saturated rings. The topological polar surface area (TPSA) is 60.7 Å². The number of aromatic nitrogens is 4. The standard InChI is InChI=1S/C10H8BrFN4O/c1-6(17)8-5-16(15-14-8)4-7-2-3-9(12)13-10(7)11/h2-3,5H,4H2,1H3. The van der Waals surface area contributed by atoms with Gasteiger partial charge in [0.05, 0.1) is 12.7 Å². The predicted octanol–water partition coefficient (Wildman–Crippen LogP) is 1.83. The molecule has 0 aliphatic heterocycles. The van der Waals surface area contributed by atoms with E-state index in [4.69, 9.17) is 0 Å². The second-order valence-corrected chi connectivity index (χ2v) is 4.19. The van der Waals surface area contributed by atoms with Gasteiger partial charge < -0.3 is 0 Å². The van der Waals surface area contributed by atoms with Crippen LogP contribution in [0.2, 0.25) is 0 Å². The fourth-order valence-corrected chi connectivity index (χ4v) is 1.70. The minimum absolute atomic E-state index is 0.146. The number of hydrogen-bond acceptors (Lipinski definition) is 4. The molecule has 0 saturated carbocycles. The highest BCUT2D eigenvalue weighted by Gasteiger charge is 2.08. The number of hydrogen-bond donors (Lipinski definition) is 0. The molecule has 0 spiro atoms. The van der Waals surface area contributed by atoms with Crippen LogP contribution in [0.1, 0.15) is 23.0 Å². The van der Waals surface area contributed by atoms with E-state index in [0.717, 1.165) is 5.56 Å². The quantitative estimate of drug-likeness (QED) is 0.641. The molecule has 0 amide bonds. The fourth-order valence-electron chi connectivity index (χ4n) is 1.27. The minimum Gasteiger partial charge on any atom is -0.293 e. The Labute approximate surface area is 105 Å². The Hall–Kier alpha value is -1.63. The third-order valence-electron chi connectivity index (χ3n) is 2.12. The predicted molar refractivity (Wildman–Crippen MR) is 61.0 cm³/mol. The molecule has 88 valence electrons. The maximum atomic E-state index is 12.8. The molecule has 0 bridgehead atoms. The Kier molecular flexibility index (Phi) is 3.28. The van der Waals surface area contributed by atoms with Gasteiger partial charge in [-0.3, -0.25) is 4.79 Å². The van der Waals surface area contributed by atoms with Gasteiger partial charge in [0.25, 0.3) is 0 Å². The first kappa shape index (κ1) is 11.8. The Morgan fingerprint density at radius 3 is 2.88 bits per heavy atom. The molecule has 0 aromatic carbocycles. The third kappa shape index (κ3) is 2.73. The van der Waals surface area contributed by atoms with Gasteiger partial charge in [-0.2, -0.15) is 4.39 Å². The second-order valence-electron chi connectivity index (χ2n) is 3.44. The normalized spacial score (nSPS) is 10.5. The highest BCUT2D eigenvalue weighted by Crippen LogP contribution is 2.15. The lowest BCUT2D eigenvalue weighted by molar-refractivity contribution is 0.101. The lowest BCUT2D eigenvalue weighted by Crippen LogP contribution is -2.02. The van der Waals surface area contributed by atoms with Crippen LogP contribution in [0, 0.1) is 5.95 Å². The third-order valence-corrected chi connectivity index (χ3v) is 2.81. The fraction of sp³-hybridized carbons (Fsp3) is 0.200. The van der Waals surface area contributed by atoms with Crippen molar-refractivity contribution in [2.75, 3.05) is 0 Å². The average molecular weight is 299 g/mol. The highest BCUT2D eigenvalue weighted by molar-refractivity contribution is 9.10. The van der Waals surface area contributed by atoms with E-state index in [2.05, 4.69) is 31.2 Å². The number of carbonyl (C=O) groups is 1. The van der Waals surface area contributed by atoms with E-state index in [1.165, 1.54) is 23.9 Å². The van der Waals surface area contributed by atoms with Gasteiger partial charge in [-0.05, 0) is 28.1 Å². The number of rotatable bonds is 3.